The van der Waals surface area contributed by atoms with Crippen LogP contribution in [-0.4, -0.2) is 32.6 Å². The predicted octanol–water partition coefficient (Wildman–Crippen LogP) is 4.85. The lowest BCUT2D eigenvalue weighted by Gasteiger charge is -2.12. The first kappa shape index (κ1) is 20.4. The molecule has 0 aliphatic heterocycles. The van der Waals surface area contributed by atoms with Crippen molar-refractivity contribution in [1.82, 2.24) is 20.3 Å². The Labute approximate surface area is 181 Å². The second kappa shape index (κ2) is 8.10. The molecule has 3 heterocycles. The van der Waals surface area contributed by atoms with E-state index in [1.165, 1.54) is 22.7 Å². The minimum absolute atomic E-state index is 0.284. The van der Waals surface area contributed by atoms with Crippen LogP contribution < -0.4 is 10.6 Å². The number of anilines is 1. The molecule has 0 bridgehead atoms. The molecule has 7 nitrogen and oxygen atoms in total. The van der Waals surface area contributed by atoms with Gasteiger partial charge in [0.2, 0.25) is 0 Å². The summed E-state index contributed by atoms with van der Waals surface area (Å²) >= 11 is 2.85. The van der Waals surface area contributed by atoms with Crippen LogP contribution in [0.3, 0.4) is 0 Å². The van der Waals surface area contributed by atoms with Crippen molar-refractivity contribution in [3.05, 3.63) is 47.7 Å². The molecule has 154 valence electrons. The fourth-order valence-electron chi connectivity index (χ4n) is 2.93. The van der Waals surface area contributed by atoms with Crippen LogP contribution in [0.2, 0.25) is 0 Å². The number of benzene rings is 1. The molecule has 0 fully saturated rings. The largest absolute Gasteiger partial charge is 0.383 e. The second-order valence-corrected chi connectivity index (χ2v) is 9.21. The third-order valence-corrected chi connectivity index (χ3v) is 6.68. The van der Waals surface area contributed by atoms with E-state index in [2.05, 4.69) is 31.7 Å². The van der Waals surface area contributed by atoms with Gasteiger partial charge < -0.3 is 10.4 Å². The van der Waals surface area contributed by atoms with Crippen molar-refractivity contribution in [3.63, 3.8) is 0 Å². The first-order chi connectivity index (χ1) is 14.3. The third-order valence-electron chi connectivity index (χ3n) is 4.30. The maximum atomic E-state index is 11.9. The number of nitrogens with one attached hydrogen (secondary N) is 2. The molecule has 9 heteroatoms. The molecule has 0 aliphatic carbocycles. The molecule has 1 aromatic carbocycles. The number of urea groups is 1. The van der Waals surface area contributed by atoms with Crippen LogP contribution >= 0.6 is 22.7 Å². The predicted molar refractivity (Wildman–Crippen MR) is 122 cm³/mol. The summed E-state index contributed by atoms with van der Waals surface area (Å²) in [4.78, 5) is 26.4. The molecule has 3 N–H and O–H groups in total. The molecule has 2 amide bonds. The van der Waals surface area contributed by atoms with E-state index in [1.54, 1.807) is 26.2 Å². The van der Waals surface area contributed by atoms with Crippen molar-refractivity contribution in [1.29, 1.82) is 0 Å². The SMILES string of the molecule is CCNC(=O)Nc1nc2cc(-c3cnc(C(C)(C)O)s3)cc(-c3ccccn3)c2s1. The van der Waals surface area contributed by atoms with E-state index in [1.807, 2.05) is 31.2 Å². The normalized spacial score (nSPS) is 11.6. The summed E-state index contributed by atoms with van der Waals surface area (Å²) in [6.45, 7) is 5.84. The average Bonchev–Trinajstić information content (AvgIpc) is 3.34. The molecule has 0 aliphatic rings. The van der Waals surface area contributed by atoms with Gasteiger partial charge in [-0.05, 0) is 50.6 Å². The highest BCUT2D eigenvalue weighted by molar-refractivity contribution is 7.23. The highest BCUT2D eigenvalue weighted by atomic mass is 32.1. The number of nitrogens with zero attached hydrogens (tertiary/aromatic N) is 3. The van der Waals surface area contributed by atoms with E-state index in [9.17, 15) is 9.90 Å². The minimum Gasteiger partial charge on any atom is -0.383 e. The molecule has 30 heavy (non-hydrogen) atoms. The fraction of sp³-hybridized carbons (Fsp3) is 0.238. The molecule has 3 aromatic heterocycles. The van der Waals surface area contributed by atoms with Crippen LogP contribution in [0.15, 0.2) is 42.7 Å². The van der Waals surface area contributed by atoms with E-state index in [0.29, 0.717) is 16.7 Å². The number of carbonyl (C=O) groups excluding carboxylic acids is 1. The molecule has 0 radical (unpaired) electrons. The standard InChI is InChI=1S/C21H21N5O2S2/c1-4-22-19(27)26-20-25-15-10-12(16-11-24-18(29-16)21(2,3)28)9-13(17(15)30-20)14-7-5-6-8-23-14/h5-11,28H,4H2,1-3H3,(H2,22,25,26,27). The maximum absolute atomic E-state index is 11.9. The number of aliphatic hydroxyl groups is 1. The number of fused-ring (bicyclic) bond motifs is 1. The van der Waals surface area contributed by atoms with Crippen LogP contribution in [0.1, 0.15) is 25.8 Å². The Morgan fingerprint density at radius 1 is 1.20 bits per heavy atom. The second-order valence-electron chi connectivity index (χ2n) is 7.18. The zero-order chi connectivity index (χ0) is 21.3. The fourth-order valence-corrected chi connectivity index (χ4v) is 4.80. The Balaban J connectivity index is 1.84. The van der Waals surface area contributed by atoms with Gasteiger partial charge in [0.1, 0.15) is 10.6 Å². The first-order valence-electron chi connectivity index (χ1n) is 9.45. The summed E-state index contributed by atoms with van der Waals surface area (Å²) in [5.41, 5.74) is 2.46. The Morgan fingerprint density at radius 3 is 2.70 bits per heavy atom. The molecule has 0 spiro atoms. The van der Waals surface area contributed by atoms with Crippen LogP contribution in [-0.2, 0) is 5.60 Å². The summed E-state index contributed by atoms with van der Waals surface area (Å²) in [6.07, 6.45) is 3.52. The Kier molecular flexibility index (Phi) is 5.50. The van der Waals surface area contributed by atoms with Crippen molar-refractivity contribution in [2.45, 2.75) is 26.4 Å². The van der Waals surface area contributed by atoms with Gasteiger partial charge in [-0.25, -0.2) is 14.8 Å². The van der Waals surface area contributed by atoms with Gasteiger partial charge >= 0.3 is 6.03 Å². The van der Waals surface area contributed by atoms with Gasteiger partial charge in [-0.2, -0.15) is 0 Å². The van der Waals surface area contributed by atoms with Gasteiger partial charge in [-0.3, -0.25) is 10.3 Å². The summed E-state index contributed by atoms with van der Waals surface area (Å²) < 4.78 is 0.941. The lowest BCUT2D eigenvalue weighted by atomic mass is 10.1. The zero-order valence-corrected chi connectivity index (χ0v) is 18.4. The highest BCUT2D eigenvalue weighted by Gasteiger charge is 2.22. The van der Waals surface area contributed by atoms with Gasteiger partial charge in [0, 0.05) is 24.5 Å². The van der Waals surface area contributed by atoms with Crippen molar-refractivity contribution >= 4 is 44.1 Å². The Morgan fingerprint density at radius 2 is 2.03 bits per heavy atom. The molecular weight excluding hydrogens is 418 g/mol. The molecule has 4 rings (SSSR count). The van der Waals surface area contributed by atoms with E-state index in [0.717, 1.165) is 31.9 Å². The monoisotopic (exact) mass is 439 g/mol. The number of hydrogen-bond donors (Lipinski definition) is 3. The third kappa shape index (κ3) is 4.18. The van der Waals surface area contributed by atoms with Gasteiger partial charge in [-0.15, -0.1) is 11.3 Å². The van der Waals surface area contributed by atoms with Gasteiger partial charge in [0.15, 0.2) is 5.13 Å². The zero-order valence-electron chi connectivity index (χ0n) is 16.8. The van der Waals surface area contributed by atoms with Crippen molar-refractivity contribution in [2.24, 2.45) is 0 Å². The molecule has 0 saturated heterocycles. The lowest BCUT2D eigenvalue weighted by molar-refractivity contribution is 0.0783. The number of aromatic nitrogens is 3. The molecule has 0 atom stereocenters. The molecule has 0 unspecified atom stereocenters. The van der Waals surface area contributed by atoms with E-state index in [4.69, 9.17) is 0 Å². The number of amides is 2. The van der Waals surface area contributed by atoms with Gasteiger partial charge in [-0.1, -0.05) is 17.4 Å². The number of carbonyl (C=O) groups is 1. The molecular formula is C21H21N5O2S2. The quantitative estimate of drug-likeness (QED) is 0.413. The topological polar surface area (TPSA) is 100 Å². The maximum Gasteiger partial charge on any atom is 0.321 e. The lowest BCUT2D eigenvalue weighted by Crippen LogP contribution is -2.28. The minimum atomic E-state index is -0.999. The number of hydrogen-bond acceptors (Lipinski definition) is 7. The van der Waals surface area contributed by atoms with Crippen molar-refractivity contribution in [2.75, 3.05) is 11.9 Å². The van der Waals surface area contributed by atoms with Crippen molar-refractivity contribution < 1.29 is 9.90 Å². The van der Waals surface area contributed by atoms with Gasteiger partial charge in [0.05, 0.1) is 20.8 Å². The average molecular weight is 440 g/mol. The molecule has 4 aromatic rings. The Hall–Kier alpha value is -2.88. The van der Waals surface area contributed by atoms with E-state index < -0.39 is 5.60 Å². The number of thiazole rings is 2. The van der Waals surface area contributed by atoms with E-state index >= 15 is 0 Å². The van der Waals surface area contributed by atoms with Crippen LogP contribution in [0.5, 0.6) is 0 Å². The first-order valence-corrected chi connectivity index (χ1v) is 11.1. The number of rotatable bonds is 5. The van der Waals surface area contributed by atoms with E-state index in [-0.39, 0.29) is 6.03 Å². The van der Waals surface area contributed by atoms with Crippen LogP contribution in [0, 0.1) is 0 Å². The van der Waals surface area contributed by atoms with Crippen molar-refractivity contribution in [3.8, 4) is 21.7 Å². The number of pyridine rings is 1. The van der Waals surface area contributed by atoms with Crippen LogP contribution in [0.25, 0.3) is 31.9 Å². The summed E-state index contributed by atoms with van der Waals surface area (Å²) in [5.74, 6) is 0. The summed E-state index contributed by atoms with van der Waals surface area (Å²) in [5, 5.41) is 16.9. The molecule has 0 saturated carbocycles. The summed E-state index contributed by atoms with van der Waals surface area (Å²) in [6, 6.07) is 9.51. The van der Waals surface area contributed by atoms with Gasteiger partial charge in [0.25, 0.3) is 0 Å². The Bertz CT molecular complexity index is 1200. The smallest absolute Gasteiger partial charge is 0.321 e. The summed E-state index contributed by atoms with van der Waals surface area (Å²) in [7, 11) is 0. The highest BCUT2D eigenvalue weighted by Crippen LogP contribution is 2.40. The van der Waals surface area contributed by atoms with Crippen LogP contribution in [0.4, 0.5) is 9.93 Å².